The standard InChI is InChI=1S/C29H25F4N7O4/c1-16(2)25(41)36-22-14-20(37-38-26(22)44-4)6-5-11-39(21-9-7-19(30)8-10-21)27(42)23-15-34-28(43)40(23)24-13-18(29(31,32)33)12-17(3)35-24/h7-10,12-14,23H,1,11,15H2,2-4H3,(H,34,43)(H,36,37,41)/t23-/m0/s1. The minimum atomic E-state index is -4.72. The van der Waals surface area contributed by atoms with Crippen molar-refractivity contribution in [2.75, 3.05) is 35.3 Å². The van der Waals surface area contributed by atoms with Crippen LogP contribution in [0.4, 0.5) is 39.5 Å². The Kier molecular flexibility index (Phi) is 9.12. The lowest BCUT2D eigenvalue weighted by molar-refractivity contribution is -0.137. The van der Waals surface area contributed by atoms with Gasteiger partial charge in [0.1, 0.15) is 29.1 Å². The number of hydrogen-bond donors (Lipinski definition) is 2. The fraction of sp³-hybridized carbons (Fsp3) is 0.241. The predicted molar refractivity (Wildman–Crippen MR) is 151 cm³/mol. The maximum absolute atomic E-state index is 13.9. The molecule has 1 aliphatic heterocycles. The van der Waals surface area contributed by atoms with Gasteiger partial charge in [-0.3, -0.25) is 19.4 Å². The topological polar surface area (TPSA) is 130 Å². The molecule has 3 aromatic rings. The van der Waals surface area contributed by atoms with Gasteiger partial charge in [-0.1, -0.05) is 12.5 Å². The maximum Gasteiger partial charge on any atom is 0.416 e. The van der Waals surface area contributed by atoms with E-state index >= 15 is 0 Å². The van der Waals surface area contributed by atoms with Crippen molar-refractivity contribution in [1.82, 2.24) is 20.5 Å². The van der Waals surface area contributed by atoms with Crippen LogP contribution in [-0.2, 0) is 15.8 Å². The second-order valence-corrected chi connectivity index (χ2v) is 9.51. The van der Waals surface area contributed by atoms with E-state index in [-0.39, 0.29) is 53.1 Å². The third-order valence-corrected chi connectivity index (χ3v) is 6.22. The highest BCUT2D eigenvalue weighted by Crippen LogP contribution is 2.33. The normalized spacial score (nSPS) is 14.3. The Morgan fingerprint density at radius 3 is 2.55 bits per heavy atom. The van der Waals surface area contributed by atoms with Gasteiger partial charge in [0.2, 0.25) is 0 Å². The van der Waals surface area contributed by atoms with E-state index in [9.17, 15) is 31.9 Å². The predicted octanol–water partition coefficient (Wildman–Crippen LogP) is 3.84. The number of methoxy groups -OCH3 is 1. The molecule has 11 nitrogen and oxygen atoms in total. The Morgan fingerprint density at radius 2 is 1.91 bits per heavy atom. The SMILES string of the molecule is C=C(C)C(=O)Nc1cc(C#CCN(C(=O)[C@@H]2CNC(=O)N2c2cc(C(F)(F)F)cc(C)n2)c2ccc(F)cc2)nnc1OC. The molecule has 0 bridgehead atoms. The molecule has 1 aromatic carbocycles. The van der Waals surface area contributed by atoms with Crippen molar-refractivity contribution >= 4 is 35.0 Å². The average molecular weight is 612 g/mol. The van der Waals surface area contributed by atoms with Crippen molar-refractivity contribution < 1.29 is 36.7 Å². The molecule has 1 saturated heterocycles. The van der Waals surface area contributed by atoms with Gasteiger partial charge in [-0.25, -0.2) is 14.2 Å². The number of alkyl halides is 3. The van der Waals surface area contributed by atoms with E-state index in [0.717, 1.165) is 28.0 Å². The summed E-state index contributed by atoms with van der Waals surface area (Å²) in [7, 11) is 1.33. The molecule has 2 aromatic heterocycles. The summed E-state index contributed by atoms with van der Waals surface area (Å²) in [6.07, 6.45) is -4.72. The summed E-state index contributed by atoms with van der Waals surface area (Å²) in [4.78, 5) is 44.8. The maximum atomic E-state index is 13.9. The highest BCUT2D eigenvalue weighted by molar-refractivity contribution is 6.08. The molecule has 0 unspecified atom stereocenters. The molecule has 228 valence electrons. The zero-order valence-electron chi connectivity index (χ0n) is 23.6. The molecular formula is C29H25F4N7O4. The first-order valence-corrected chi connectivity index (χ1v) is 12.9. The number of anilines is 3. The number of carbonyl (C=O) groups is 3. The average Bonchev–Trinajstić information content (AvgIpc) is 3.36. The van der Waals surface area contributed by atoms with Crippen LogP contribution in [-0.4, -0.2) is 59.3 Å². The minimum Gasteiger partial charge on any atom is -0.478 e. The molecule has 0 aliphatic carbocycles. The van der Waals surface area contributed by atoms with Gasteiger partial charge in [0.05, 0.1) is 19.2 Å². The summed E-state index contributed by atoms with van der Waals surface area (Å²) < 4.78 is 59.3. The molecule has 0 radical (unpaired) electrons. The van der Waals surface area contributed by atoms with Gasteiger partial charge in [0, 0.05) is 29.6 Å². The van der Waals surface area contributed by atoms with Crippen LogP contribution in [0.2, 0.25) is 0 Å². The molecule has 2 N–H and O–H groups in total. The Hall–Kier alpha value is -5.52. The second kappa shape index (κ2) is 12.8. The summed E-state index contributed by atoms with van der Waals surface area (Å²) in [5.74, 6) is 3.35. The van der Waals surface area contributed by atoms with Crippen LogP contribution < -0.4 is 25.2 Å². The van der Waals surface area contributed by atoms with Gasteiger partial charge in [-0.05, 0) is 56.2 Å². The highest BCUT2D eigenvalue weighted by Gasteiger charge is 2.41. The molecule has 1 atom stereocenters. The lowest BCUT2D eigenvalue weighted by Crippen LogP contribution is -2.48. The van der Waals surface area contributed by atoms with E-state index < -0.39 is 41.4 Å². The van der Waals surface area contributed by atoms with Crippen molar-refractivity contribution in [1.29, 1.82) is 0 Å². The molecule has 0 saturated carbocycles. The first kappa shape index (κ1) is 31.4. The number of pyridine rings is 1. The quantitative estimate of drug-likeness (QED) is 0.236. The van der Waals surface area contributed by atoms with E-state index in [1.807, 2.05) is 0 Å². The number of aryl methyl sites for hydroxylation is 1. The monoisotopic (exact) mass is 611 g/mol. The minimum absolute atomic E-state index is 0.0126. The van der Waals surface area contributed by atoms with Gasteiger partial charge >= 0.3 is 12.2 Å². The summed E-state index contributed by atoms with van der Waals surface area (Å²) >= 11 is 0. The van der Waals surface area contributed by atoms with Gasteiger partial charge in [0.25, 0.3) is 17.7 Å². The Labute approximate surface area is 248 Å². The fourth-order valence-corrected chi connectivity index (χ4v) is 4.12. The van der Waals surface area contributed by atoms with E-state index in [1.54, 1.807) is 0 Å². The molecule has 44 heavy (non-hydrogen) atoms. The number of nitrogens with zero attached hydrogens (tertiary/aromatic N) is 5. The molecule has 1 aliphatic rings. The highest BCUT2D eigenvalue weighted by atomic mass is 19.4. The summed E-state index contributed by atoms with van der Waals surface area (Å²) in [6.45, 7) is 5.87. The van der Waals surface area contributed by atoms with Crippen LogP contribution in [0.3, 0.4) is 0 Å². The largest absolute Gasteiger partial charge is 0.478 e. The number of ether oxygens (including phenoxy) is 1. The number of carbonyl (C=O) groups excluding carboxylic acids is 3. The molecule has 0 spiro atoms. The lowest BCUT2D eigenvalue weighted by Gasteiger charge is -2.28. The number of benzene rings is 1. The van der Waals surface area contributed by atoms with E-state index in [0.29, 0.717) is 6.07 Å². The Morgan fingerprint density at radius 1 is 1.20 bits per heavy atom. The number of hydrogen-bond acceptors (Lipinski definition) is 7. The molecule has 1 fully saturated rings. The first-order valence-electron chi connectivity index (χ1n) is 12.9. The van der Waals surface area contributed by atoms with Crippen LogP contribution in [0.15, 0.2) is 54.6 Å². The van der Waals surface area contributed by atoms with Crippen LogP contribution in [0.25, 0.3) is 0 Å². The Bertz CT molecular complexity index is 1680. The summed E-state index contributed by atoms with van der Waals surface area (Å²) in [5, 5.41) is 12.8. The number of rotatable bonds is 7. The first-order chi connectivity index (χ1) is 20.8. The third kappa shape index (κ3) is 7.09. The van der Waals surface area contributed by atoms with E-state index in [1.165, 1.54) is 39.2 Å². The number of amides is 4. The van der Waals surface area contributed by atoms with Crippen molar-refractivity contribution in [3.63, 3.8) is 0 Å². The zero-order valence-corrected chi connectivity index (χ0v) is 23.6. The van der Waals surface area contributed by atoms with E-state index in [4.69, 9.17) is 4.74 Å². The van der Waals surface area contributed by atoms with Crippen molar-refractivity contribution in [2.24, 2.45) is 0 Å². The molecule has 15 heteroatoms. The van der Waals surface area contributed by atoms with Crippen molar-refractivity contribution in [3.8, 4) is 17.7 Å². The van der Waals surface area contributed by atoms with Crippen LogP contribution in [0, 0.1) is 24.6 Å². The molecule has 4 rings (SSSR count). The van der Waals surface area contributed by atoms with Crippen molar-refractivity contribution in [2.45, 2.75) is 26.1 Å². The Balaban J connectivity index is 1.67. The van der Waals surface area contributed by atoms with Crippen LogP contribution in [0.5, 0.6) is 5.88 Å². The fourth-order valence-electron chi connectivity index (χ4n) is 4.12. The molecular weight excluding hydrogens is 586 g/mol. The van der Waals surface area contributed by atoms with Gasteiger partial charge in [0.15, 0.2) is 0 Å². The number of halogens is 4. The van der Waals surface area contributed by atoms with Gasteiger partial charge < -0.3 is 15.4 Å². The summed E-state index contributed by atoms with van der Waals surface area (Å²) in [6, 6.07) is 5.63. The van der Waals surface area contributed by atoms with Crippen LogP contribution >= 0.6 is 0 Å². The van der Waals surface area contributed by atoms with Crippen LogP contribution in [0.1, 0.15) is 23.9 Å². The smallest absolute Gasteiger partial charge is 0.416 e. The van der Waals surface area contributed by atoms with Gasteiger partial charge in [-0.2, -0.15) is 13.2 Å². The number of aromatic nitrogens is 3. The van der Waals surface area contributed by atoms with Crippen molar-refractivity contribution in [3.05, 3.63) is 77.4 Å². The second-order valence-electron chi connectivity index (χ2n) is 9.51. The zero-order chi connectivity index (χ0) is 32.2. The third-order valence-electron chi connectivity index (χ3n) is 6.22. The van der Waals surface area contributed by atoms with E-state index in [2.05, 4.69) is 44.2 Å². The summed E-state index contributed by atoms with van der Waals surface area (Å²) in [5.41, 5.74) is -0.352. The number of urea groups is 1. The lowest BCUT2D eigenvalue weighted by atomic mass is 10.1. The molecule has 4 amide bonds. The molecule has 3 heterocycles. The van der Waals surface area contributed by atoms with Gasteiger partial charge in [-0.15, -0.1) is 10.2 Å². The number of nitrogens with one attached hydrogen (secondary N) is 2.